The van der Waals surface area contributed by atoms with Gasteiger partial charge in [-0.1, -0.05) is 30.3 Å². The number of amides is 1. The first-order valence-corrected chi connectivity index (χ1v) is 11.3. The Hall–Kier alpha value is -3.49. The summed E-state index contributed by atoms with van der Waals surface area (Å²) in [6.07, 6.45) is 2.44. The van der Waals surface area contributed by atoms with E-state index in [4.69, 9.17) is 4.84 Å². The van der Waals surface area contributed by atoms with Gasteiger partial charge in [-0.2, -0.15) is 0 Å². The number of nitrogens with zero attached hydrogens (tertiary/aromatic N) is 5. The number of carbonyl (C=O) groups excluding carboxylic acids is 1. The first-order chi connectivity index (χ1) is 16.2. The van der Waals surface area contributed by atoms with E-state index in [9.17, 15) is 4.79 Å². The Morgan fingerprint density at radius 3 is 2.52 bits per heavy atom. The number of hydrogen-bond acceptors (Lipinski definition) is 7. The molecule has 8 nitrogen and oxygen atoms in total. The molecule has 0 saturated carbocycles. The fourth-order valence-corrected chi connectivity index (χ4v) is 4.25. The predicted molar refractivity (Wildman–Crippen MR) is 127 cm³/mol. The largest absolute Gasteiger partial charge is 0.340 e. The van der Waals surface area contributed by atoms with Crippen LogP contribution in [0.4, 0.5) is 17.3 Å². The minimum atomic E-state index is 0.0807. The number of nitrogens with one attached hydrogen (secondary N) is 1. The standard InChI is InChI=1S/C25H28N6O2/c1-29-12-14-30(15-13-29)25(32)20-7-9-21(10-8-20)28-23-17-24(27-18-26-23)31-22(11-16-33-31)19-5-3-2-4-6-19/h2-10,17-18,22H,11-16H2,1H3,(H,26,27,28). The molecule has 2 saturated heterocycles. The Kier molecular flexibility index (Phi) is 6.19. The zero-order valence-corrected chi connectivity index (χ0v) is 18.7. The van der Waals surface area contributed by atoms with Gasteiger partial charge in [0.05, 0.1) is 12.6 Å². The zero-order chi connectivity index (χ0) is 22.6. The number of benzene rings is 2. The zero-order valence-electron chi connectivity index (χ0n) is 18.7. The van der Waals surface area contributed by atoms with Gasteiger partial charge in [-0.15, -0.1) is 0 Å². The van der Waals surface area contributed by atoms with Crippen molar-refractivity contribution in [3.05, 3.63) is 78.1 Å². The molecule has 0 aliphatic carbocycles. The maximum absolute atomic E-state index is 12.8. The highest BCUT2D eigenvalue weighted by Gasteiger charge is 2.29. The number of carbonyl (C=O) groups is 1. The van der Waals surface area contributed by atoms with E-state index in [0.29, 0.717) is 23.8 Å². The SMILES string of the molecule is CN1CCN(C(=O)c2ccc(Nc3cc(N4OCCC4c4ccccc4)ncn3)cc2)CC1. The number of likely N-dealkylation sites (N-methyl/N-ethyl adjacent to an activating group) is 1. The van der Waals surface area contributed by atoms with E-state index in [1.54, 1.807) is 0 Å². The number of hydroxylamine groups is 1. The van der Waals surface area contributed by atoms with Crippen molar-refractivity contribution in [1.82, 2.24) is 19.8 Å². The van der Waals surface area contributed by atoms with Crippen LogP contribution in [0.1, 0.15) is 28.4 Å². The molecule has 5 rings (SSSR count). The molecule has 0 bridgehead atoms. The minimum Gasteiger partial charge on any atom is -0.340 e. The highest BCUT2D eigenvalue weighted by Crippen LogP contribution is 2.34. The van der Waals surface area contributed by atoms with Crippen LogP contribution in [0.5, 0.6) is 0 Å². The van der Waals surface area contributed by atoms with Crippen LogP contribution >= 0.6 is 0 Å². The third-order valence-corrected chi connectivity index (χ3v) is 6.16. The van der Waals surface area contributed by atoms with E-state index >= 15 is 0 Å². The maximum Gasteiger partial charge on any atom is 0.253 e. The van der Waals surface area contributed by atoms with Gasteiger partial charge in [-0.25, -0.2) is 15.0 Å². The average Bonchev–Trinajstić information content (AvgIpc) is 3.36. The molecule has 1 atom stereocenters. The van der Waals surface area contributed by atoms with Crippen LogP contribution in [0.15, 0.2) is 67.0 Å². The van der Waals surface area contributed by atoms with Gasteiger partial charge in [0.25, 0.3) is 5.91 Å². The van der Waals surface area contributed by atoms with E-state index in [-0.39, 0.29) is 11.9 Å². The topological polar surface area (TPSA) is 73.8 Å². The first kappa shape index (κ1) is 21.4. The van der Waals surface area contributed by atoms with Gasteiger partial charge in [-0.05, 0) is 36.9 Å². The van der Waals surface area contributed by atoms with Crippen LogP contribution < -0.4 is 10.4 Å². The van der Waals surface area contributed by atoms with E-state index in [2.05, 4.69) is 39.4 Å². The van der Waals surface area contributed by atoms with Crippen LogP contribution in [-0.2, 0) is 4.84 Å². The van der Waals surface area contributed by atoms with Crippen molar-refractivity contribution >= 4 is 23.2 Å². The van der Waals surface area contributed by atoms with E-state index in [1.807, 2.05) is 58.5 Å². The lowest BCUT2D eigenvalue weighted by Crippen LogP contribution is -2.47. The molecule has 1 amide bonds. The highest BCUT2D eigenvalue weighted by molar-refractivity contribution is 5.94. The normalized spacial score (nSPS) is 19.0. The molecule has 33 heavy (non-hydrogen) atoms. The smallest absolute Gasteiger partial charge is 0.253 e. The molecule has 2 aliphatic heterocycles. The molecule has 170 valence electrons. The molecule has 3 aromatic rings. The lowest BCUT2D eigenvalue weighted by atomic mass is 10.0. The molecule has 8 heteroatoms. The van der Waals surface area contributed by atoms with Gasteiger partial charge in [0.2, 0.25) is 0 Å². The second kappa shape index (κ2) is 9.56. The van der Waals surface area contributed by atoms with Crippen molar-refractivity contribution in [3.8, 4) is 0 Å². The fourth-order valence-electron chi connectivity index (χ4n) is 4.25. The van der Waals surface area contributed by atoms with Crippen LogP contribution in [0, 0.1) is 0 Å². The van der Waals surface area contributed by atoms with Crippen LogP contribution in [-0.4, -0.2) is 65.5 Å². The minimum absolute atomic E-state index is 0.0807. The predicted octanol–water partition coefficient (Wildman–Crippen LogP) is 3.49. The molecule has 2 fully saturated rings. The first-order valence-electron chi connectivity index (χ1n) is 11.3. The van der Waals surface area contributed by atoms with E-state index in [0.717, 1.165) is 38.3 Å². The fraction of sp³-hybridized carbons (Fsp3) is 0.320. The molecule has 1 N–H and O–H groups in total. The Labute approximate surface area is 193 Å². The maximum atomic E-state index is 12.8. The molecule has 3 heterocycles. The van der Waals surface area contributed by atoms with Crippen LogP contribution in [0.3, 0.4) is 0 Å². The molecular weight excluding hydrogens is 416 g/mol. The van der Waals surface area contributed by atoms with Crippen molar-refractivity contribution in [2.24, 2.45) is 0 Å². The van der Waals surface area contributed by atoms with E-state index in [1.165, 1.54) is 11.9 Å². The summed E-state index contributed by atoms with van der Waals surface area (Å²) in [5.41, 5.74) is 2.75. The number of anilines is 3. The summed E-state index contributed by atoms with van der Waals surface area (Å²) in [5, 5.41) is 5.17. The Bertz CT molecular complexity index is 1080. The lowest BCUT2D eigenvalue weighted by Gasteiger charge is -2.32. The van der Waals surface area contributed by atoms with Crippen molar-refractivity contribution in [2.75, 3.05) is 50.2 Å². The quantitative estimate of drug-likeness (QED) is 0.646. The third-order valence-electron chi connectivity index (χ3n) is 6.16. The Morgan fingerprint density at radius 1 is 1.00 bits per heavy atom. The molecule has 0 spiro atoms. The van der Waals surface area contributed by atoms with Crippen molar-refractivity contribution in [1.29, 1.82) is 0 Å². The highest BCUT2D eigenvalue weighted by atomic mass is 16.7. The summed E-state index contributed by atoms with van der Waals surface area (Å²) in [6, 6.07) is 19.8. The summed E-state index contributed by atoms with van der Waals surface area (Å²) < 4.78 is 0. The molecule has 1 unspecified atom stereocenters. The number of rotatable bonds is 5. The second-order valence-corrected chi connectivity index (χ2v) is 8.43. The van der Waals surface area contributed by atoms with Gasteiger partial charge in [0, 0.05) is 49.9 Å². The Morgan fingerprint density at radius 2 is 1.76 bits per heavy atom. The van der Waals surface area contributed by atoms with E-state index < -0.39 is 0 Å². The molecular formula is C25H28N6O2. The van der Waals surface area contributed by atoms with Crippen LogP contribution in [0.25, 0.3) is 0 Å². The Balaban J connectivity index is 1.27. The van der Waals surface area contributed by atoms with Crippen molar-refractivity contribution in [2.45, 2.75) is 12.5 Å². The summed E-state index contributed by atoms with van der Waals surface area (Å²) in [7, 11) is 2.08. The second-order valence-electron chi connectivity index (χ2n) is 8.43. The summed E-state index contributed by atoms with van der Waals surface area (Å²) in [5.74, 6) is 1.46. The summed E-state index contributed by atoms with van der Waals surface area (Å²) in [4.78, 5) is 31.6. The average molecular weight is 445 g/mol. The number of aromatic nitrogens is 2. The third kappa shape index (κ3) is 4.81. The van der Waals surface area contributed by atoms with Crippen LogP contribution in [0.2, 0.25) is 0 Å². The number of piperazine rings is 1. The van der Waals surface area contributed by atoms with Gasteiger partial charge >= 0.3 is 0 Å². The van der Waals surface area contributed by atoms with Crippen molar-refractivity contribution in [3.63, 3.8) is 0 Å². The van der Waals surface area contributed by atoms with Gasteiger partial charge in [-0.3, -0.25) is 9.63 Å². The number of hydrogen-bond donors (Lipinski definition) is 1. The monoisotopic (exact) mass is 444 g/mol. The summed E-state index contributed by atoms with van der Waals surface area (Å²) in [6.45, 7) is 4.00. The lowest BCUT2D eigenvalue weighted by molar-refractivity contribution is 0.0664. The molecule has 0 radical (unpaired) electrons. The van der Waals surface area contributed by atoms with Gasteiger partial charge in [0.15, 0.2) is 5.82 Å². The summed E-state index contributed by atoms with van der Waals surface area (Å²) >= 11 is 0. The van der Waals surface area contributed by atoms with Crippen molar-refractivity contribution < 1.29 is 9.63 Å². The molecule has 1 aromatic heterocycles. The molecule has 2 aliphatic rings. The van der Waals surface area contributed by atoms with Gasteiger partial charge in [0.1, 0.15) is 12.1 Å². The van der Waals surface area contributed by atoms with Gasteiger partial charge < -0.3 is 15.1 Å². The molecule has 2 aromatic carbocycles.